The molecule has 2 aromatic carbocycles. The van der Waals surface area contributed by atoms with Gasteiger partial charge < -0.3 is 34.4 Å². The van der Waals surface area contributed by atoms with Crippen LogP contribution in [0.25, 0.3) is 21.8 Å². The highest BCUT2D eigenvalue weighted by molar-refractivity contribution is 5.95. The Kier molecular flexibility index (Phi) is 8.77. The quantitative estimate of drug-likeness (QED) is 0.161. The first-order valence-electron chi connectivity index (χ1n) is 19.9. The van der Waals surface area contributed by atoms with Gasteiger partial charge in [-0.15, -0.1) is 0 Å². The van der Waals surface area contributed by atoms with E-state index in [1.165, 1.54) is 14.2 Å². The summed E-state index contributed by atoms with van der Waals surface area (Å²) < 4.78 is 17.6. The lowest BCUT2D eigenvalue weighted by Gasteiger charge is -2.58. The van der Waals surface area contributed by atoms with Gasteiger partial charge in [0.05, 0.1) is 39.6 Å². The number of esters is 2. The lowest BCUT2D eigenvalue weighted by atomic mass is 9.56. The molecule has 6 bridgehead atoms. The highest BCUT2D eigenvalue weighted by Gasteiger charge is 2.64. The van der Waals surface area contributed by atoms with Gasteiger partial charge in [0.15, 0.2) is 0 Å². The summed E-state index contributed by atoms with van der Waals surface area (Å²) in [7, 11) is 6.65. The first kappa shape index (κ1) is 36.5. The summed E-state index contributed by atoms with van der Waals surface area (Å²) in [6.07, 6.45) is 4.85. The molecule has 0 amide bonds. The number of nitrogens with zero attached hydrogens (tertiary/aromatic N) is 2. The van der Waals surface area contributed by atoms with E-state index in [0.717, 1.165) is 81.4 Å². The Bertz CT molecular complexity index is 2220. The largest absolute Gasteiger partial charge is 0.496 e. The lowest BCUT2D eigenvalue weighted by Crippen LogP contribution is -2.68. The number of carbonyl (C=O) groups excluding carboxylic acids is 2. The number of rotatable bonds is 6. The van der Waals surface area contributed by atoms with Crippen LogP contribution in [0.5, 0.6) is 5.75 Å². The molecule has 11 nitrogen and oxygen atoms in total. The molecule has 1 saturated carbocycles. The van der Waals surface area contributed by atoms with Crippen molar-refractivity contribution < 1.29 is 34.0 Å². The Morgan fingerprint density at radius 2 is 1.82 bits per heavy atom. The molecule has 292 valence electrons. The summed E-state index contributed by atoms with van der Waals surface area (Å²) in [6, 6.07) is 12.0. The average Bonchev–Trinajstić information content (AvgIpc) is 3.73. The molecule has 6 heterocycles. The fourth-order valence-corrected chi connectivity index (χ4v) is 12.6. The van der Waals surface area contributed by atoms with E-state index in [-0.39, 0.29) is 48.3 Å². The number of para-hydroxylation sites is 1. The van der Waals surface area contributed by atoms with Crippen molar-refractivity contribution in [3.63, 3.8) is 0 Å². The molecule has 6 aliphatic rings. The number of ether oxygens (including phenoxy) is 3. The van der Waals surface area contributed by atoms with E-state index in [1.807, 2.05) is 39.1 Å². The number of fused-ring (bicyclic) bond motifs is 9. The Hall–Kier alpha value is -4.16. The predicted molar refractivity (Wildman–Crippen MR) is 209 cm³/mol. The molecule has 4 fully saturated rings. The van der Waals surface area contributed by atoms with Crippen molar-refractivity contribution >= 4 is 33.7 Å². The molecule has 2 aromatic heterocycles. The van der Waals surface area contributed by atoms with Gasteiger partial charge in [0.25, 0.3) is 0 Å². The van der Waals surface area contributed by atoms with Gasteiger partial charge in [0.2, 0.25) is 0 Å². The van der Waals surface area contributed by atoms with Crippen LogP contribution >= 0.6 is 0 Å². The van der Waals surface area contributed by atoms with Gasteiger partial charge in [-0.1, -0.05) is 29.8 Å². The second-order valence-corrected chi connectivity index (χ2v) is 17.0. The summed E-state index contributed by atoms with van der Waals surface area (Å²) in [6.45, 7) is 5.88. The number of aromatic nitrogens is 2. The summed E-state index contributed by atoms with van der Waals surface area (Å²) in [5.41, 5.74) is 5.94. The van der Waals surface area contributed by atoms with Crippen molar-refractivity contribution in [1.82, 2.24) is 19.8 Å². The van der Waals surface area contributed by atoms with Crippen LogP contribution in [0.2, 0.25) is 0 Å². The number of methoxy groups -OCH3 is 3. The van der Waals surface area contributed by atoms with Crippen molar-refractivity contribution in [3.05, 3.63) is 76.1 Å². The SMILES string of the molecule is C/C=C1/CN(C)[C@@H]2Cc3c([nH]c4ccccc34)[C@@H](c3c(OC)ccc4c5c([nH]c34)[C@]3(C(=O)OC)C[C@H]4C[C@H]([C@H](C)O)[C@@H]3N(CC5)C4)C[C@@H]1[C@]2(CO)C(=O)OC. The second kappa shape index (κ2) is 13.2. The monoisotopic (exact) mass is 750 g/mol. The van der Waals surface area contributed by atoms with E-state index in [4.69, 9.17) is 14.2 Å². The molecule has 4 aliphatic heterocycles. The Balaban J connectivity index is 1.34. The van der Waals surface area contributed by atoms with Crippen LogP contribution in [0, 0.1) is 23.2 Å². The number of allylic oxidation sites excluding steroid dienone is 1. The second-order valence-electron chi connectivity index (χ2n) is 17.0. The van der Waals surface area contributed by atoms with Crippen molar-refractivity contribution in [2.75, 3.05) is 54.6 Å². The number of carbonyl (C=O) groups is 2. The van der Waals surface area contributed by atoms with Crippen LogP contribution in [0.15, 0.2) is 48.0 Å². The average molecular weight is 751 g/mol. The number of nitrogens with one attached hydrogen (secondary N) is 2. The number of benzene rings is 2. The van der Waals surface area contributed by atoms with E-state index in [1.54, 1.807) is 7.11 Å². The number of likely N-dealkylation sites (tertiary alicyclic amines) is 1. The van der Waals surface area contributed by atoms with E-state index < -0.39 is 22.9 Å². The minimum atomic E-state index is -1.22. The molecule has 1 unspecified atom stereocenters. The zero-order valence-corrected chi connectivity index (χ0v) is 32.8. The Morgan fingerprint density at radius 3 is 2.53 bits per heavy atom. The third-order valence-corrected chi connectivity index (χ3v) is 14.8. The normalized spacial score (nSPS) is 34.0. The highest BCUT2D eigenvalue weighted by atomic mass is 16.5. The summed E-state index contributed by atoms with van der Waals surface area (Å²) in [5, 5.41) is 24.8. The van der Waals surface area contributed by atoms with Crippen LogP contribution < -0.4 is 4.74 Å². The van der Waals surface area contributed by atoms with Gasteiger partial charge in [-0.25, -0.2) is 0 Å². The van der Waals surface area contributed by atoms with Crippen molar-refractivity contribution in [2.24, 2.45) is 23.2 Å². The molecule has 10 rings (SSSR count). The van der Waals surface area contributed by atoms with Gasteiger partial charge >= 0.3 is 11.9 Å². The summed E-state index contributed by atoms with van der Waals surface area (Å²) in [4.78, 5) is 41.2. The number of hydrogen-bond acceptors (Lipinski definition) is 9. The topological polar surface area (TPSA) is 140 Å². The molecule has 0 radical (unpaired) electrons. The number of H-pyrrole nitrogens is 2. The molecule has 11 heteroatoms. The van der Waals surface area contributed by atoms with Crippen LogP contribution in [-0.2, 0) is 37.3 Å². The van der Waals surface area contributed by atoms with E-state index in [0.29, 0.717) is 31.6 Å². The Labute approximate surface area is 322 Å². The van der Waals surface area contributed by atoms with E-state index in [9.17, 15) is 19.8 Å². The maximum absolute atomic E-state index is 14.5. The number of hydrogen-bond donors (Lipinski definition) is 4. The lowest BCUT2D eigenvalue weighted by molar-refractivity contribution is -0.169. The van der Waals surface area contributed by atoms with Crippen LogP contribution in [-0.4, -0.2) is 115 Å². The molecule has 3 saturated heterocycles. The molecular weight excluding hydrogens is 697 g/mol. The van der Waals surface area contributed by atoms with Gasteiger partial charge in [0.1, 0.15) is 16.6 Å². The molecule has 10 atom stereocenters. The molecular formula is C44H54N4O7. The zero-order chi connectivity index (χ0) is 38.6. The maximum Gasteiger partial charge on any atom is 0.319 e. The third-order valence-electron chi connectivity index (χ3n) is 14.8. The van der Waals surface area contributed by atoms with Crippen LogP contribution in [0.1, 0.15) is 67.1 Å². The summed E-state index contributed by atoms with van der Waals surface area (Å²) in [5.74, 6) is -0.426. The van der Waals surface area contributed by atoms with Crippen LogP contribution in [0.3, 0.4) is 0 Å². The van der Waals surface area contributed by atoms with Gasteiger partial charge in [-0.05, 0) is 88.2 Å². The summed E-state index contributed by atoms with van der Waals surface area (Å²) >= 11 is 0. The number of piperidine rings is 3. The first-order valence-corrected chi connectivity index (χ1v) is 19.9. The first-order chi connectivity index (χ1) is 26.6. The third kappa shape index (κ3) is 4.88. The minimum absolute atomic E-state index is 0.0703. The number of aromatic amines is 2. The molecule has 4 N–H and O–H groups in total. The number of aliphatic hydroxyl groups is 2. The zero-order valence-electron chi connectivity index (χ0n) is 32.8. The van der Waals surface area contributed by atoms with Crippen molar-refractivity contribution in [3.8, 4) is 5.75 Å². The number of aliphatic hydroxyl groups excluding tert-OH is 2. The van der Waals surface area contributed by atoms with Gasteiger partial charge in [0, 0.05) is 82.7 Å². The van der Waals surface area contributed by atoms with Crippen molar-refractivity contribution in [2.45, 2.75) is 75.5 Å². The fourth-order valence-electron chi connectivity index (χ4n) is 12.6. The van der Waals surface area contributed by atoms with Crippen LogP contribution in [0.4, 0.5) is 0 Å². The van der Waals surface area contributed by atoms with Crippen molar-refractivity contribution in [1.29, 1.82) is 0 Å². The molecule has 55 heavy (non-hydrogen) atoms. The Morgan fingerprint density at radius 1 is 1.04 bits per heavy atom. The predicted octanol–water partition coefficient (Wildman–Crippen LogP) is 4.82. The van der Waals surface area contributed by atoms with E-state index >= 15 is 0 Å². The minimum Gasteiger partial charge on any atom is -0.496 e. The standard InChI is InChI=1S/C44H54N4O7/c1-7-25-21-47(3)35-18-30-26-10-8-9-11-33(26)45-37(30)31(17-32(25)44(35,22-49)42(52)55-6)36-34(53-4)13-12-27-28-14-15-48-20-24-16-29(23(2)50)40(48)43(19-24,41(51)54-5)39(28)46-38(27)36/h7-13,23-24,29,31-32,35,40,45-46,49-50H,14-22H2,1-6H3/b25-7-/t23-,24+,29+,31+,32-,35+,40-,43+,44-/m0/s1. The fraction of sp³-hybridized carbons (Fsp3) is 0.545. The maximum atomic E-state index is 14.5. The highest BCUT2D eigenvalue weighted by Crippen LogP contribution is 2.58. The molecule has 0 spiro atoms. The smallest absolute Gasteiger partial charge is 0.319 e. The van der Waals surface area contributed by atoms with Gasteiger partial charge in [-0.3, -0.25) is 19.4 Å². The molecule has 4 aromatic rings. The van der Waals surface area contributed by atoms with E-state index in [2.05, 4.69) is 44.0 Å². The van der Waals surface area contributed by atoms with Gasteiger partial charge in [-0.2, -0.15) is 0 Å². The number of likely N-dealkylation sites (N-methyl/N-ethyl adjacent to an activating group) is 1. The molecule has 2 aliphatic carbocycles.